The van der Waals surface area contributed by atoms with Gasteiger partial charge in [0.05, 0.1) is 12.0 Å². The van der Waals surface area contributed by atoms with Gasteiger partial charge in [0.15, 0.2) is 0 Å². The zero-order valence-electron chi connectivity index (χ0n) is 10.6. The number of halogens is 3. The van der Waals surface area contributed by atoms with Crippen molar-refractivity contribution in [1.29, 1.82) is 0 Å². The second-order valence-electron chi connectivity index (χ2n) is 4.77. The molecule has 1 rings (SSSR count). The number of nitrogens with one attached hydrogen (secondary N) is 2. The van der Waals surface area contributed by atoms with Crippen molar-refractivity contribution in [3.63, 3.8) is 0 Å². The molecule has 18 heavy (non-hydrogen) atoms. The summed E-state index contributed by atoms with van der Waals surface area (Å²) in [5, 5.41) is 5.44. The van der Waals surface area contributed by atoms with Crippen molar-refractivity contribution in [1.82, 2.24) is 10.6 Å². The molecule has 2 atom stereocenters. The van der Waals surface area contributed by atoms with Crippen LogP contribution in [0.5, 0.6) is 0 Å². The molecule has 0 aromatic heterocycles. The maximum atomic E-state index is 12.4. The number of piperidine rings is 1. The van der Waals surface area contributed by atoms with Gasteiger partial charge in [-0.1, -0.05) is 19.8 Å². The highest BCUT2D eigenvalue weighted by Gasteiger charge is 2.42. The smallest absolute Gasteiger partial charge is 0.355 e. The van der Waals surface area contributed by atoms with Crippen LogP contribution < -0.4 is 10.6 Å². The third-order valence-corrected chi connectivity index (χ3v) is 3.27. The lowest BCUT2D eigenvalue weighted by molar-refractivity contribution is -0.180. The van der Waals surface area contributed by atoms with Crippen LogP contribution in [0.2, 0.25) is 0 Å². The Hall–Kier alpha value is -0.780. The van der Waals surface area contributed by atoms with Gasteiger partial charge in [-0.25, -0.2) is 0 Å². The first-order valence-electron chi connectivity index (χ1n) is 6.53. The first kappa shape index (κ1) is 15.3. The quantitative estimate of drug-likeness (QED) is 0.749. The summed E-state index contributed by atoms with van der Waals surface area (Å²) < 4.78 is 37.2. The van der Waals surface area contributed by atoms with Crippen molar-refractivity contribution < 1.29 is 18.0 Å². The van der Waals surface area contributed by atoms with Crippen molar-refractivity contribution in [3.05, 3.63) is 0 Å². The SMILES string of the molecule is CCCCCNC(=O)C1CCC(C(F)(F)F)CN1. The molecule has 106 valence electrons. The zero-order valence-corrected chi connectivity index (χ0v) is 10.6. The monoisotopic (exact) mass is 266 g/mol. The van der Waals surface area contributed by atoms with Gasteiger partial charge in [-0.3, -0.25) is 4.79 Å². The summed E-state index contributed by atoms with van der Waals surface area (Å²) in [6.45, 7) is 2.52. The van der Waals surface area contributed by atoms with Gasteiger partial charge in [0.2, 0.25) is 5.91 Å². The molecule has 2 unspecified atom stereocenters. The van der Waals surface area contributed by atoms with Gasteiger partial charge in [-0.15, -0.1) is 0 Å². The third-order valence-electron chi connectivity index (χ3n) is 3.27. The summed E-state index contributed by atoms with van der Waals surface area (Å²) >= 11 is 0. The Labute approximate surface area is 106 Å². The minimum atomic E-state index is -4.16. The average Bonchev–Trinajstić information content (AvgIpc) is 2.33. The Kier molecular flexibility index (Phi) is 5.91. The molecule has 1 fully saturated rings. The lowest BCUT2D eigenvalue weighted by Gasteiger charge is -2.30. The molecule has 0 aliphatic carbocycles. The number of rotatable bonds is 5. The van der Waals surface area contributed by atoms with Crippen LogP contribution in [0.15, 0.2) is 0 Å². The molecule has 2 N–H and O–H groups in total. The van der Waals surface area contributed by atoms with Crippen molar-refractivity contribution in [2.45, 2.75) is 51.2 Å². The number of carbonyl (C=O) groups is 1. The molecule has 0 radical (unpaired) electrons. The van der Waals surface area contributed by atoms with E-state index in [1.165, 1.54) is 0 Å². The maximum absolute atomic E-state index is 12.4. The molecule has 3 nitrogen and oxygen atoms in total. The molecule has 0 aromatic carbocycles. The molecule has 0 saturated carbocycles. The Morgan fingerprint density at radius 1 is 1.33 bits per heavy atom. The summed E-state index contributed by atoms with van der Waals surface area (Å²) in [5.41, 5.74) is 0. The van der Waals surface area contributed by atoms with Crippen molar-refractivity contribution >= 4 is 5.91 Å². The van der Waals surface area contributed by atoms with Crippen LogP contribution in [0.3, 0.4) is 0 Å². The fourth-order valence-corrected chi connectivity index (χ4v) is 2.07. The largest absolute Gasteiger partial charge is 0.393 e. The first-order chi connectivity index (χ1) is 8.45. The van der Waals surface area contributed by atoms with Gasteiger partial charge in [0.1, 0.15) is 0 Å². The fraction of sp³-hybridized carbons (Fsp3) is 0.917. The highest BCUT2D eigenvalue weighted by Crippen LogP contribution is 2.31. The molecule has 0 aromatic rings. The zero-order chi connectivity index (χ0) is 13.6. The van der Waals surface area contributed by atoms with Crippen LogP contribution in [0, 0.1) is 5.92 Å². The molecule has 1 aliphatic heterocycles. The lowest BCUT2D eigenvalue weighted by atomic mass is 9.94. The van der Waals surface area contributed by atoms with Gasteiger partial charge in [0.25, 0.3) is 0 Å². The van der Waals surface area contributed by atoms with E-state index in [1.54, 1.807) is 0 Å². The predicted octanol–water partition coefficient (Wildman–Crippen LogP) is 2.22. The molecule has 1 amide bonds. The van der Waals surface area contributed by atoms with Gasteiger partial charge < -0.3 is 10.6 Å². The maximum Gasteiger partial charge on any atom is 0.393 e. The second-order valence-corrected chi connectivity index (χ2v) is 4.77. The molecule has 6 heteroatoms. The average molecular weight is 266 g/mol. The van der Waals surface area contributed by atoms with Crippen LogP contribution in [-0.2, 0) is 4.79 Å². The topological polar surface area (TPSA) is 41.1 Å². The number of hydrogen-bond donors (Lipinski definition) is 2. The number of amides is 1. The second kappa shape index (κ2) is 6.97. The van der Waals surface area contributed by atoms with E-state index < -0.39 is 18.1 Å². The minimum Gasteiger partial charge on any atom is -0.355 e. The minimum absolute atomic E-state index is 0.0313. The highest BCUT2D eigenvalue weighted by molar-refractivity contribution is 5.81. The summed E-state index contributed by atoms with van der Waals surface area (Å²) in [5.74, 6) is -1.49. The summed E-state index contributed by atoms with van der Waals surface area (Å²) in [6.07, 6.45) is -0.831. The van der Waals surface area contributed by atoms with Crippen molar-refractivity contribution in [3.8, 4) is 0 Å². The summed E-state index contributed by atoms with van der Waals surface area (Å²) in [4.78, 5) is 11.7. The number of alkyl halides is 3. The fourth-order valence-electron chi connectivity index (χ4n) is 2.07. The van der Waals surface area contributed by atoms with E-state index in [1.807, 2.05) is 0 Å². The van der Waals surface area contributed by atoms with Gasteiger partial charge in [-0.2, -0.15) is 13.2 Å². The van der Waals surface area contributed by atoms with E-state index in [2.05, 4.69) is 17.6 Å². The van der Waals surface area contributed by atoms with E-state index in [4.69, 9.17) is 0 Å². The van der Waals surface area contributed by atoms with E-state index >= 15 is 0 Å². The van der Waals surface area contributed by atoms with E-state index in [0.29, 0.717) is 6.54 Å². The molecule has 1 heterocycles. The Bertz CT molecular complexity index is 261. The standard InChI is InChI=1S/C12H21F3N2O/c1-2-3-4-7-16-11(18)10-6-5-9(8-17-10)12(13,14)15/h9-10,17H,2-8H2,1H3,(H,16,18). The Balaban J connectivity index is 2.23. The summed E-state index contributed by atoms with van der Waals surface area (Å²) in [6, 6.07) is -0.467. The van der Waals surface area contributed by atoms with Crippen molar-refractivity contribution in [2.75, 3.05) is 13.1 Å². The van der Waals surface area contributed by atoms with E-state index in [9.17, 15) is 18.0 Å². The van der Waals surface area contributed by atoms with Gasteiger partial charge in [-0.05, 0) is 19.3 Å². The molecule has 0 spiro atoms. The van der Waals surface area contributed by atoms with Crippen LogP contribution in [0.4, 0.5) is 13.2 Å². The molecule has 1 aliphatic rings. The third kappa shape index (κ3) is 4.84. The van der Waals surface area contributed by atoms with Gasteiger partial charge in [0, 0.05) is 13.1 Å². The molecule has 0 bridgehead atoms. The van der Waals surface area contributed by atoms with Crippen molar-refractivity contribution in [2.24, 2.45) is 5.92 Å². The Morgan fingerprint density at radius 2 is 2.06 bits per heavy atom. The van der Waals surface area contributed by atoms with E-state index in [-0.39, 0.29) is 25.3 Å². The van der Waals surface area contributed by atoms with E-state index in [0.717, 1.165) is 19.3 Å². The lowest BCUT2D eigenvalue weighted by Crippen LogP contribution is -2.51. The number of unbranched alkanes of at least 4 members (excludes halogenated alkanes) is 2. The normalized spacial score (nSPS) is 24.9. The molecular formula is C12H21F3N2O. The molecule has 1 saturated heterocycles. The first-order valence-corrected chi connectivity index (χ1v) is 6.53. The highest BCUT2D eigenvalue weighted by atomic mass is 19.4. The van der Waals surface area contributed by atoms with Crippen LogP contribution >= 0.6 is 0 Å². The summed E-state index contributed by atoms with van der Waals surface area (Å²) in [7, 11) is 0. The van der Waals surface area contributed by atoms with Gasteiger partial charge >= 0.3 is 6.18 Å². The number of carbonyl (C=O) groups excluding carboxylic acids is 1. The predicted molar refractivity (Wildman–Crippen MR) is 63.1 cm³/mol. The molecular weight excluding hydrogens is 245 g/mol. The Morgan fingerprint density at radius 3 is 2.56 bits per heavy atom. The van der Waals surface area contributed by atoms with Crippen LogP contribution in [0.1, 0.15) is 39.0 Å². The van der Waals surface area contributed by atoms with Crippen LogP contribution in [0.25, 0.3) is 0 Å². The van der Waals surface area contributed by atoms with Crippen LogP contribution in [-0.4, -0.2) is 31.2 Å². The number of hydrogen-bond acceptors (Lipinski definition) is 2.